The highest BCUT2D eigenvalue weighted by Gasteiger charge is 2.32. The van der Waals surface area contributed by atoms with Crippen LogP contribution < -0.4 is 5.32 Å². The van der Waals surface area contributed by atoms with E-state index in [1.807, 2.05) is 0 Å². The van der Waals surface area contributed by atoms with E-state index in [0.717, 1.165) is 31.5 Å². The zero-order chi connectivity index (χ0) is 13.7. The van der Waals surface area contributed by atoms with Crippen LogP contribution in [-0.4, -0.2) is 40.4 Å². The highest BCUT2D eigenvalue weighted by atomic mass is 35.5. The number of aliphatic hydroxyl groups excluding tert-OH is 1. The molecule has 0 unspecified atom stereocenters. The SMILES string of the molecule is CCCc1nc(Cl)cc(NC2(CO)CCOCC2)n1. The highest BCUT2D eigenvalue weighted by molar-refractivity contribution is 6.29. The summed E-state index contributed by atoms with van der Waals surface area (Å²) in [6.07, 6.45) is 3.28. The van der Waals surface area contributed by atoms with Crippen LogP contribution in [0.4, 0.5) is 5.82 Å². The van der Waals surface area contributed by atoms with Crippen molar-refractivity contribution >= 4 is 17.4 Å². The fraction of sp³-hybridized carbons (Fsp3) is 0.692. The summed E-state index contributed by atoms with van der Waals surface area (Å²) in [5, 5.41) is 13.4. The Balaban J connectivity index is 2.16. The van der Waals surface area contributed by atoms with Crippen LogP contribution in [0.3, 0.4) is 0 Å². The van der Waals surface area contributed by atoms with Gasteiger partial charge in [-0.05, 0) is 19.3 Å². The van der Waals surface area contributed by atoms with Gasteiger partial charge >= 0.3 is 0 Å². The molecule has 1 aliphatic heterocycles. The Morgan fingerprint density at radius 1 is 1.42 bits per heavy atom. The van der Waals surface area contributed by atoms with Gasteiger partial charge in [0.2, 0.25) is 0 Å². The molecule has 1 aromatic heterocycles. The van der Waals surface area contributed by atoms with Crippen molar-refractivity contribution in [2.45, 2.75) is 38.1 Å². The first-order chi connectivity index (χ1) is 9.17. The van der Waals surface area contributed by atoms with Gasteiger partial charge in [0.1, 0.15) is 16.8 Å². The predicted octanol–water partition coefficient (Wildman–Crippen LogP) is 2.04. The number of rotatable bonds is 5. The van der Waals surface area contributed by atoms with Gasteiger partial charge in [0, 0.05) is 25.7 Å². The molecule has 1 aliphatic rings. The molecule has 0 saturated carbocycles. The Morgan fingerprint density at radius 2 is 2.16 bits per heavy atom. The van der Waals surface area contributed by atoms with Crippen LogP contribution in [-0.2, 0) is 11.2 Å². The largest absolute Gasteiger partial charge is 0.394 e. The van der Waals surface area contributed by atoms with Crippen molar-refractivity contribution in [3.63, 3.8) is 0 Å². The topological polar surface area (TPSA) is 67.3 Å². The number of ether oxygens (including phenoxy) is 1. The summed E-state index contributed by atoms with van der Waals surface area (Å²) in [6.45, 7) is 3.43. The molecule has 1 saturated heterocycles. The Bertz CT molecular complexity index is 422. The van der Waals surface area contributed by atoms with Gasteiger partial charge in [-0.15, -0.1) is 0 Å². The van der Waals surface area contributed by atoms with E-state index in [4.69, 9.17) is 16.3 Å². The third-order valence-corrected chi connectivity index (χ3v) is 3.55. The maximum absolute atomic E-state index is 9.65. The van der Waals surface area contributed by atoms with Crippen LogP contribution in [0.1, 0.15) is 32.0 Å². The summed E-state index contributed by atoms with van der Waals surface area (Å²) in [6, 6.07) is 1.70. The molecule has 0 aromatic carbocycles. The van der Waals surface area contributed by atoms with Gasteiger partial charge in [-0.3, -0.25) is 0 Å². The minimum Gasteiger partial charge on any atom is -0.394 e. The summed E-state index contributed by atoms with van der Waals surface area (Å²) in [5.41, 5.74) is -0.362. The van der Waals surface area contributed by atoms with Crippen molar-refractivity contribution in [1.82, 2.24) is 9.97 Å². The van der Waals surface area contributed by atoms with Crippen LogP contribution in [0.25, 0.3) is 0 Å². The smallest absolute Gasteiger partial charge is 0.134 e. The molecular weight excluding hydrogens is 266 g/mol. The van der Waals surface area contributed by atoms with Crippen LogP contribution in [0, 0.1) is 0 Å². The number of nitrogens with zero attached hydrogens (tertiary/aromatic N) is 2. The van der Waals surface area contributed by atoms with Crippen molar-refractivity contribution < 1.29 is 9.84 Å². The Hall–Kier alpha value is -0.910. The third kappa shape index (κ3) is 3.78. The van der Waals surface area contributed by atoms with E-state index >= 15 is 0 Å². The Kier molecular flexibility index (Phi) is 4.96. The maximum Gasteiger partial charge on any atom is 0.134 e. The molecule has 5 nitrogen and oxygen atoms in total. The van der Waals surface area contributed by atoms with Gasteiger partial charge in [-0.25, -0.2) is 9.97 Å². The average Bonchev–Trinajstić information content (AvgIpc) is 2.39. The van der Waals surface area contributed by atoms with Crippen LogP contribution >= 0.6 is 11.6 Å². The molecule has 0 spiro atoms. The van der Waals surface area contributed by atoms with Gasteiger partial charge in [0.25, 0.3) is 0 Å². The number of halogens is 1. The van der Waals surface area contributed by atoms with Crippen molar-refractivity contribution in [2.24, 2.45) is 0 Å². The minimum atomic E-state index is -0.362. The van der Waals surface area contributed by atoms with Gasteiger partial charge < -0.3 is 15.2 Å². The average molecular weight is 286 g/mol. The standard InChI is InChI=1S/C13H20ClN3O2/c1-2-3-11-15-10(14)8-12(16-11)17-13(9-18)4-6-19-7-5-13/h8,18H,2-7,9H2,1H3,(H,15,16,17). The number of nitrogens with one attached hydrogen (secondary N) is 1. The van der Waals surface area contributed by atoms with E-state index < -0.39 is 0 Å². The van der Waals surface area contributed by atoms with Gasteiger partial charge in [-0.2, -0.15) is 0 Å². The molecule has 0 atom stereocenters. The summed E-state index contributed by atoms with van der Waals surface area (Å²) in [5.74, 6) is 1.41. The molecule has 0 aliphatic carbocycles. The number of aliphatic hydroxyl groups is 1. The van der Waals surface area contributed by atoms with E-state index in [0.29, 0.717) is 24.2 Å². The zero-order valence-electron chi connectivity index (χ0n) is 11.2. The molecule has 19 heavy (non-hydrogen) atoms. The fourth-order valence-corrected chi connectivity index (χ4v) is 2.42. The molecule has 0 bridgehead atoms. The molecule has 1 aromatic rings. The molecule has 2 heterocycles. The first-order valence-electron chi connectivity index (χ1n) is 6.68. The van der Waals surface area contributed by atoms with Gasteiger partial charge in [0.05, 0.1) is 12.1 Å². The van der Waals surface area contributed by atoms with Crippen molar-refractivity contribution in [1.29, 1.82) is 0 Å². The quantitative estimate of drug-likeness (QED) is 0.811. The molecule has 1 fully saturated rings. The monoisotopic (exact) mass is 285 g/mol. The molecular formula is C13H20ClN3O2. The van der Waals surface area contributed by atoms with Crippen molar-refractivity contribution in [2.75, 3.05) is 25.1 Å². The summed E-state index contributed by atoms with van der Waals surface area (Å²) >= 11 is 6.01. The normalized spacial score (nSPS) is 18.3. The number of anilines is 1. The van der Waals surface area contributed by atoms with Crippen molar-refractivity contribution in [3.05, 3.63) is 17.0 Å². The molecule has 6 heteroatoms. The number of hydrogen-bond acceptors (Lipinski definition) is 5. The summed E-state index contributed by atoms with van der Waals surface area (Å²) in [7, 11) is 0. The fourth-order valence-electron chi connectivity index (χ4n) is 2.22. The molecule has 106 valence electrons. The molecule has 2 N–H and O–H groups in total. The van der Waals surface area contributed by atoms with E-state index in [-0.39, 0.29) is 12.1 Å². The Morgan fingerprint density at radius 3 is 2.79 bits per heavy atom. The minimum absolute atomic E-state index is 0.0566. The second-order valence-corrected chi connectivity index (χ2v) is 5.31. The van der Waals surface area contributed by atoms with E-state index in [9.17, 15) is 5.11 Å². The Labute approximate surface area is 118 Å². The zero-order valence-corrected chi connectivity index (χ0v) is 11.9. The predicted molar refractivity (Wildman–Crippen MR) is 74.5 cm³/mol. The first-order valence-corrected chi connectivity index (χ1v) is 7.05. The first kappa shape index (κ1) is 14.5. The van der Waals surface area contributed by atoms with E-state index in [2.05, 4.69) is 22.2 Å². The van der Waals surface area contributed by atoms with Crippen LogP contribution in [0.5, 0.6) is 0 Å². The molecule has 0 radical (unpaired) electrons. The van der Waals surface area contributed by atoms with E-state index in [1.165, 1.54) is 0 Å². The van der Waals surface area contributed by atoms with Crippen molar-refractivity contribution in [3.8, 4) is 0 Å². The lowest BCUT2D eigenvalue weighted by atomic mass is 9.91. The van der Waals surface area contributed by atoms with Crippen LogP contribution in [0.15, 0.2) is 6.07 Å². The van der Waals surface area contributed by atoms with E-state index in [1.54, 1.807) is 6.07 Å². The summed E-state index contributed by atoms with van der Waals surface area (Å²) in [4.78, 5) is 8.64. The second-order valence-electron chi connectivity index (χ2n) is 4.92. The lowest BCUT2D eigenvalue weighted by Crippen LogP contribution is -2.47. The lowest BCUT2D eigenvalue weighted by molar-refractivity contribution is 0.0378. The van der Waals surface area contributed by atoms with Gasteiger partial charge in [-0.1, -0.05) is 18.5 Å². The van der Waals surface area contributed by atoms with Gasteiger partial charge in [0.15, 0.2) is 0 Å². The maximum atomic E-state index is 9.65. The number of aromatic nitrogens is 2. The molecule has 0 amide bonds. The van der Waals surface area contributed by atoms with Crippen LogP contribution in [0.2, 0.25) is 5.15 Å². The second kappa shape index (κ2) is 6.50. The number of hydrogen-bond donors (Lipinski definition) is 2. The summed E-state index contributed by atoms with van der Waals surface area (Å²) < 4.78 is 5.34. The third-order valence-electron chi connectivity index (χ3n) is 3.36. The molecule has 2 rings (SSSR count). The highest BCUT2D eigenvalue weighted by Crippen LogP contribution is 2.25. The number of aryl methyl sites for hydroxylation is 1. The lowest BCUT2D eigenvalue weighted by Gasteiger charge is -2.36.